The van der Waals surface area contributed by atoms with E-state index in [1.807, 2.05) is 30.7 Å². The van der Waals surface area contributed by atoms with E-state index in [0.29, 0.717) is 0 Å². The Kier molecular flexibility index (Phi) is 5.81. The largest absolute Gasteiger partial charge is 0.333 e. The molecule has 3 rings (SSSR count). The van der Waals surface area contributed by atoms with Crippen molar-refractivity contribution in [1.82, 2.24) is 14.9 Å². The summed E-state index contributed by atoms with van der Waals surface area (Å²) in [5, 5.41) is 6.36. The zero-order valence-corrected chi connectivity index (χ0v) is 15.1. The first-order valence-electron chi connectivity index (χ1n) is 8.74. The van der Waals surface area contributed by atoms with Crippen LogP contribution in [0.15, 0.2) is 67.3 Å². The molecule has 0 saturated carbocycles. The molecule has 2 aromatic carbocycles. The molecule has 134 valence electrons. The van der Waals surface area contributed by atoms with E-state index in [9.17, 15) is 4.79 Å². The predicted octanol–water partition coefficient (Wildman–Crippen LogP) is 3.74. The molecule has 3 aromatic rings. The quantitative estimate of drug-likeness (QED) is 0.684. The first-order valence-corrected chi connectivity index (χ1v) is 8.74. The van der Waals surface area contributed by atoms with Gasteiger partial charge in [0.05, 0.1) is 6.33 Å². The van der Waals surface area contributed by atoms with Crippen molar-refractivity contribution >= 4 is 11.6 Å². The van der Waals surface area contributed by atoms with Gasteiger partial charge in [-0.15, -0.1) is 0 Å². The van der Waals surface area contributed by atoms with Gasteiger partial charge in [-0.05, 0) is 35.7 Å². The Labute approximate surface area is 154 Å². The molecule has 5 nitrogen and oxygen atoms in total. The number of amides is 1. The van der Waals surface area contributed by atoms with Crippen LogP contribution in [0.25, 0.3) is 0 Å². The molecule has 0 radical (unpaired) electrons. The maximum atomic E-state index is 11.2. The van der Waals surface area contributed by atoms with Crippen molar-refractivity contribution < 1.29 is 4.79 Å². The van der Waals surface area contributed by atoms with Crippen molar-refractivity contribution in [1.29, 1.82) is 0 Å². The number of hydrogen-bond acceptors (Lipinski definition) is 3. The minimum Gasteiger partial charge on any atom is -0.333 e. The van der Waals surface area contributed by atoms with Gasteiger partial charge in [0.15, 0.2) is 0 Å². The van der Waals surface area contributed by atoms with E-state index >= 15 is 0 Å². The molecular formula is C21H24N4O. The Morgan fingerprint density at radius 1 is 1.15 bits per heavy atom. The van der Waals surface area contributed by atoms with Crippen molar-refractivity contribution in [3.05, 3.63) is 83.9 Å². The highest BCUT2D eigenvalue weighted by Crippen LogP contribution is 2.18. The van der Waals surface area contributed by atoms with Crippen LogP contribution in [-0.2, 0) is 17.9 Å². The lowest BCUT2D eigenvalue weighted by atomic mass is 10.1. The topological polar surface area (TPSA) is 59.0 Å². The molecule has 0 saturated heterocycles. The maximum Gasteiger partial charge on any atom is 0.221 e. The van der Waals surface area contributed by atoms with Crippen LogP contribution in [0.1, 0.15) is 36.6 Å². The van der Waals surface area contributed by atoms with Gasteiger partial charge in [-0.3, -0.25) is 4.79 Å². The van der Waals surface area contributed by atoms with Crippen LogP contribution in [-0.4, -0.2) is 15.5 Å². The molecule has 0 aliphatic rings. The molecule has 5 heteroatoms. The lowest BCUT2D eigenvalue weighted by molar-refractivity contribution is -0.114. The molecule has 1 atom stereocenters. The number of carbonyl (C=O) groups excluding carboxylic acids is 1. The fraction of sp³-hybridized carbons (Fsp3) is 0.238. The molecule has 1 unspecified atom stereocenters. The second-order valence-corrected chi connectivity index (χ2v) is 6.46. The molecule has 0 aliphatic carbocycles. The fourth-order valence-corrected chi connectivity index (χ4v) is 2.83. The first-order chi connectivity index (χ1) is 12.6. The summed E-state index contributed by atoms with van der Waals surface area (Å²) in [6, 6.07) is 16.7. The highest BCUT2D eigenvalue weighted by molar-refractivity contribution is 5.88. The van der Waals surface area contributed by atoms with Crippen LogP contribution in [0, 0.1) is 0 Å². The molecule has 0 bridgehead atoms. The summed E-state index contributed by atoms with van der Waals surface area (Å²) in [5.74, 6) is -0.0569. The Balaban J connectivity index is 1.55. The fourth-order valence-electron chi connectivity index (χ4n) is 2.83. The van der Waals surface area contributed by atoms with Gasteiger partial charge in [0.2, 0.25) is 5.91 Å². The normalized spacial score (nSPS) is 11.9. The summed E-state index contributed by atoms with van der Waals surface area (Å²) in [7, 11) is 0. The van der Waals surface area contributed by atoms with Gasteiger partial charge in [-0.25, -0.2) is 4.98 Å². The number of aromatic nitrogens is 2. The molecule has 0 aliphatic heterocycles. The Morgan fingerprint density at radius 3 is 2.62 bits per heavy atom. The van der Waals surface area contributed by atoms with Gasteiger partial charge in [0, 0.05) is 44.1 Å². The third kappa shape index (κ3) is 5.04. The molecule has 26 heavy (non-hydrogen) atoms. The molecular weight excluding hydrogens is 324 g/mol. The van der Waals surface area contributed by atoms with Crippen molar-refractivity contribution in [3.63, 3.8) is 0 Å². The van der Waals surface area contributed by atoms with Crippen LogP contribution >= 0.6 is 0 Å². The van der Waals surface area contributed by atoms with E-state index in [1.54, 1.807) is 6.20 Å². The number of nitrogens with one attached hydrogen (secondary N) is 2. The number of imidazole rings is 1. The summed E-state index contributed by atoms with van der Waals surface area (Å²) in [6.45, 7) is 5.27. The lowest BCUT2D eigenvalue weighted by Gasteiger charge is -2.16. The van der Waals surface area contributed by atoms with Crippen LogP contribution in [0.4, 0.5) is 5.69 Å². The van der Waals surface area contributed by atoms with Gasteiger partial charge < -0.3 is 15.2 Å². The second kappa shape index (κ2) is 8.45. The minimum absolute atomic E-state index is 0.0569. The van der Waals surface area contributed by atoms with Gasteiger partial charge in [-0.2, -0.15) is 0 Å². The van der Waals surface area contributed by atoms with Crippen molar-refractivity contribution in [2.24, 2.45) is 0 Å². The average Bonchev–Trinajstić information content (AvgIpc) is 3.13. The van der Waals surface area contributed by atoms with Crippen molar-refractivity contribution in [2.75, 3.05) is 5.32 Å². The summed E-state index contributed by atoms with van der Waals surface area (Å²) in [6.07, 6.45) is 5.58. The predicted molar refractivity (Wildman–Crippen MR) is 104 cm³/mol. The Hall–Kier alpha value is -2.92. The van der Waals surface area contributed by atoms with Crippen LogP contribution < -0.4 is 10.6 Å². The molecule has 0 fully saturated rings. The highest BCUT2D eigenvalue weighted by Gasteiger charge is 2.06. The second-order valence-electron chi connectivity index (χ2n) is 6.46. The van der Waals surface area contributed by atoms with Gasteiger partial charge in [-0.1, -0.05) is 36.4 Å². The zero-order valence-electron chi connectivity index (χ0n) is 15.1. The van der Waals surface area contributed by atoms with Gasteiger partial charge in [0.25, 0.3) is 0 Å². The molecule has 1 heterocycles. The van der Waals surface area contributed by atoms with Crippen LogP contribution in [0.2, 0.25) is 0 Å². The molecule has 0 spiro atoms. The molecule has 2 N–H and O–H groups in total. The first kappa shape index (κ1) is 17.9. The van der Waals surface area contributed by atoms with Crippen molar-refractivity contribution in [2.45, 2.75) is 33.0 Å². The number of rotatable bonds is 7. The van der Waals surface area contributed by atoms with Gasteiger partial charge in [0.1, 0.15) is 0 Å². The standard InChI is InChI=1S/C21H24N4O/c1-16(20-4-3-5-21(12-20)24-17(2)26)23-13-18-6-8-19(9-7-18)14-25-11-10-22-15-25/h3-12,15-16,23H,13-14H2,1-2H3,(H,24,26). The van der Waals surface area contributed by atoms with E-state index < -0.39 is 0 Å². The van der Waals surface area contributed by atoms with E-state index in [4.69, 9.17) is 0 Å². The summed E-state index contributed by atoms with van der Waals surface area (Å²) in [4.78, 5) is 15.3. The summed E-state index contributed by atoms with van der Waals surface area (Å²) < 4.78 is 2.05. The Morgan fingerprint density at radius 2 is 1.92 bits per heavy atom. The minimum atomic E-state index is -0.0569. The van der Waals surface area contributed by atoms with Crippen LogP contribution in [0.3, 0.4) is 0 Å². The van der Waals surface area contributed by atoms with Gasteiger partial charge >= 0.3 is 0 Å². The smallest absolute Gasteiger partial charge is 0.221 e. The summed E-state index contributed by atoms with van der Waals surface area (Å²) >= 11 is 0. The van der Waals surface area contributed by atoms with E-state index in [-0.39, 0.29) is 11.9 Å². The maximum absolute atomic E-state index is 11.2. The molecule has 1 aromatic heterocycles. The third-order valence-corrected chi connectivity index (χ3v) is 4.27. The number of nitrogens with zero attached hydrogens (tertiary/aromatic N) is 2. The van der Waals surface area contributed by atoms with E-state index in [2.05, 4.69) is 57.4 Å². The monoisotopic (exact) mass is 348 g/mol. The SMILES string of the molecule is CC(=O)Nc1cccc(C(C)NCc2ccc(Cn3ccnc3)cc2)c1. The Bertz CT molecular complexity index is 841. The van der Waals surface area contributed by atoms with Crippen molar-refractivity contribution in [3.8, 4) is 0 Å². The van der Waals surface area contributed by atoms with E-state index in [0.717, 1.165) is 24.3 Å². The number of benzene rings is 2. The third-order valence-electron chi connectivity index (χ3n) is 4.27. The number of carbonyl (C=O) groups is 1. The summed E-state index contributed by atoms with van der Waals surface area (Å²) in [5.41, 5.74) is 4.47. The zero-order chi connectivity index (χ0) is 18.4. The number of hydrogen-bond donors (Lipinski definition) is 2. The lowest BCUT2D eigenvalue weighted by Crippen LogP contribution is -2.18. The number of anilines is 1. The average molecular weight is 348 g/mol. The van der Waals surface area contributed by atoms with E-state index in [1.165, 1.54) is 18.1 Å². The molecule has 1 amide bonds. The highest BCUT2D eigenvalue weighted by atomic mass is 16.1. The van der Waals surface area contributed by atoms with Crippen LogP contribution in [0.5, 0.6) is 0 Å².